The number of carboxylic acids is 1. The Balaban J connectivity index is 1.70. The van der Waals surface area contributed by atoms with Crippen LogP contribution in [0.2, 0.25) is 0 Å². The molecule has 3 aromatic rings. The Morgan fingerprint density at radius 3 is 2.44 bits per heavy atom. The molecule has 1 N–H and O–H groups in total. The maximum atomic E-state index is 13.6. The van der Waals surface area contributed by atoms with Crippen LogP contribution in [0.1, 0.15) is 53.8 Å². The molecule has 4 rings (SSSR count). The largest absolute Gasteiger partial charge is 0.487 e. The lowest BCUT2D eigenvalue weighted by Crippen LogP contribution is -2.37. The normalized spacial score (nSPS) is 13.4. The van der Waals surface area contributed by atoms with Crippen LogP contribution in [0.3, 0.4) is 0 Å². The van der Waals surface area contributed by atoms with Crippen molar-refractivity contribution in [2.75, 3.05) is 4.31 Å². The number of aryl methyl sites for hydroxylation is 4. The Labute approximate surface area is 212 Å². The zero-order chi connectivity index (χ0) is 26.0. The highest BCUT2D eigenvalue weighted by Gasteiger charge is 2.33. The molecule has 0 aliphatic heterocycles. The second-order valence-corrected chi connectivity index (χ2v) is 11.1. The first-order valence-electron chi connectivity index (χ1n) is 12.0. The minimum absolute atomic E-state index is 0.0963. The molecule has 0 spiro atoms. The molecule has 0 unspecified atom stereocenters. The fraction of sp³-hybridized carbons (Fsp3) is 0.321. The van der Waals surface area contributed by atoms with Gasteiger partial charge >= 0.3 is 5.97 Å². The first-order chi connectivity index (χ1) is 17.1. The molecule has 0 saturated heterocycles. The van der Waals surface area contributed by atoms with E-state index in [9.17, 15) is 13.2 Å². The molecule has 0 amide bonds. The number of hydrogen-bond acceptors (Lipinski definition) is 5. The lowest BCUT2D eigenvalue weighted by atomic mass is 10.0. The van der Waals surface area contributed by atoms with E-state index in [-0.39, 0.29) is 17.7 Å². The molecule has 0 radical (unpaired) electrons. The van der Waals surface area contributed by atoms with Gasteiger partial charge in [-0.2, -0.15) is 8.42 Å². The number of carbonyl (C=O) groups is 1. The number of hydrogen-bond donors (Lipinski definition) is 1. The summed E-state index contributed by atoms with van der Waals surface area (Å²) in [5, 5.41) is 8.76. The van der Waals surface area contributed by atoms with Crippen molar-refractivity contribution in [1.29, 1.82) is 0 Å². The van der Waals surface area contributed by atoms with Crippen LogP contribution < -0.4 is 9.04 Å². The second kappa shape index (κ2) is 10.2. The van der Waals surface area contributed by atoms with Gasteiger partial charge in [0.25, 0.3) is 10.0 Å². The van der Waals surface area contributed by atoms with Gasteiger partial charge in [0.05, 0.1) is 5.69 Å². The smallest absolute Gasteiger partial charge is 0.328 e. The van der Waals surface area contributed by atoms with Gasteiger partial charge in [-0.3, -0.25) is 4.31 Å². The molecule has 0 bridgehead atoms. The Morgan fingerprint density at radius 1 is 1.11 bits per heavy atom. The van der Waals surface area contributed by atoms with Gasteiger partial charge in [0.2, 0.25) is 5.09 Å². The quantitative estimate of drug-likeness (QED) is 0.374. The minimum Gasteiger partial charge on any atom is -0.487 e. The van der Waals surface area contributed by atoms with Gasteiger partial charge in [0.15, 0.2) is 0 Å². The van der Waals surface area contributed by atoms with Gasteiger partial charge in [0.1, 0.15) is 18.1 Å². The highest BCUT2D eigenvalue weighted by atomic mass is 32.2. The average Bonchev–Trinajstić information content (AvgIpc) is 3.45. The molecule has 0 fully saturated rings. The summed E-state index contributed by atoms with van der Waals surface area (Å²) in [6, 6.07) is 12.3. The van der Waals surface area contributed by atoms with Gasteiger partial charge in [0, 0.05) is 12.1 Å². The number of fused-ring (bicyclic) bond motifs is 1. The molecular formula is C28H31NO6S. The summed E-state index contributed by atoms with van der Waals surface area (Å²) in [5.74, 6) is 0.0313. The molecule has 0 saturated carbocycles. The van der Waals surface area contributed by atoms with Crippen molar-refractivity contribution in [1.82, 2.24) is 0 Å². The molecule has 2 aromatic carbocycles. The third kappa shape index (κ3) is 5.33. The topological polar surface area (TPSA) is 97.0 Å². The van der Waals surface area contributed by atoms with Gasteiger partial charge in [-0.1, -0.05) is 18.2 Å². The van der Waals surface area contributed by atoms with E-state index in [2.05, 4.69) is 0 Å². The first-order valence-corrected chi connectivity index (χ1v) is 13.4. The lowest BCUT2D eigenvalue weighted by Gasteiger charge is -2.29. The van der Waals surface area contributed by atoms with E-state index < -0.39 is 16.0 Å². The molecule has 1 aromatic heterocycles. The zero-order valence-corrected chi connectivity index (χ0v) is 21.8. The number of benzene rings is 2. The number of sulfonamides is 1. The molecule has 190 valence electrons. The number of rotatable bonds is 9. The van der Waals surface area contributed by atoms with E-state index in [1.165, 1.54) is 15.9 Å². The molecule has 7 nitrogen and oxygen atoms in total. The number of furan rings is 1. The summed E-state index contributed by atoms with van der Waals surface area (Å²) in [4.78, 5) is 10.8. The van der Waals surface area contributed by atoms with Crippen molar-refractivity contribution in [2.24, 2.45) is 0 Å². The first kappa shape index (κ1) is 25.6. The zero-order valence-electron chi connectivity index (χ0n) is 20.9. The van der Waals surface area contributed by atoms with E-state index in [0.717, 1.165) is 47.6 Å². The fourth-order valence-electron chi connectivity index (χ4n) is 4.52. The predicted octanol–water partition coefficient (Wildman–Crippen LogP) is 5.67. The summed E-state index contributed by atoms with van der Waals surface area (Å²) in [6.45, 7) is 7.56. The van der Waals surface area contributed by atoms with Crippen molar-refractivity contribution >= 4 is 27.8 Å². The van der Waals surface area contributed by atoms with E-state index in [4.69, 9.17) is 14.3 Å². The summed E-state index contributed by atoms with van der Waals surface area (Å²) in [5.41, 5.74) is 5.47. The summed E-state index contributed by atoms with van der Waals surface area (Å²) < 4.78 is 40.5. The maximum absolute atomic E-state index is 13.6. The maximum Gasteiger partial charge on any atom is 0.328 e. The van der Waals surface area contributed by atoms with Crippen LogP contribution in [0.25, 0.3) is 6.08 Å². The average molecular weight is 510 g/mol. The van der Waals surface area contributed by atoms with E-state index in [1.54, 1.807) is 19.1 Å². The molecule has 1 aliphatic rings. The number of aliphatic carboxylic acids is 1. The van der Waals surface area contributed by atoms with Crippen LogP contribution in [0, 0.1) is 13.8 Å². The van der Waals surface area contributed by atoms with Crippen molar-refractivity contribution < 1.29 is 27.5 Å². The molecule has 0 atom stereocenters. The van der Waals surface area contributed by atoms with Gasteiger partial charge in [-0.25, -0.2) is 4.79 Å². The monoisotopic (exact) mass is 509 g/mol. The molecular weight excluding hydrogens is 478 g/mol. The number of ether oxygens (including phenoxy) is 1. The fourth-order valence-corrected chi connectivity index (χ4v) is 6.14. The third-order valence-corrected chi connectivity index (χ3v) is 8.14. The summed E-state index contributed by atoms with van der Waals surface area (Å²) in [6.07, 6.45) is 5.50. The van der Waals surface area contributed by atoms with Crippen LogP contribution in [0.4, 0.5) is 5.69 Å². The van der Waals surface area contributed by atoms with E-state index in [0.29, 0.717) is 17.2 Å². The SMILES string of the molecule is Cc1ccc(S(=O)(=O)N(c2cc3c(cc2OCc2ccc(C=CC(=O)O)cc2C)CCC3)C(C)C)o1. The van der Waals surface area contributed by atoms with Crippen LogP contribution >= 0.6 is 0 Å². The highest BCUT2D eigenvalue weighted by molar-refractivity contribution is 7.92. The summed E-state index contributed by atoms with van der Waals surface area (Å²) >= 11 is 0. The standard InChI is InChI=1S/C28H31NO6S/c1-18(2)29(36(32,33)28-13-8-20(4)35-28)25-15-22-6-5-7-23(22)16-26(25)34-17-24-11-9-21(14-19(24)3)10-12-27(30)31/h8-16,18H,5-7,17H2,1-4H3,(H,30,31). The van der Waals surface area contributed by atoms with Gasteiger partial charge in [-0.05, 0) is 105 Å². The van der Waals surface area contributed by atoms with Gasteiger partial charge < -0.3 is 14.3 Å². The number of anilines is 1. The number of carboxylic acid groups (broad SMARTS) is 1. The van der Waals surface area contributed by atoms with Crippen LogP contribution in [0.5, 0.6) is 5.75 Å². The molecule has 1 heterocycles. The Hall–Kier alpha value is -3.52. The van der Waals surface area contributed by atoms with Crippen LogP contribution in [-0.2, 0) is 34.3 Å². The van der Waals surface area contributed by atoms with Crippen LogP contribution in [0.15, 0.2) is 58.1 Å². The Bertz CT molecular complexity index is 1420. The van der Waals surface area contributed by atoms with E-state index >= 15 is 0 Å². The predicted molar refractivity (Wildman–Crippen MR) is 139 cm³/mol. The highest BCUT2D eigenvalue weighted by Crippen LogP contribution is 2.40. The van der Waals surface area contributed by atoms with Crippen molar-refractivity contribution in [2.45, 2.75) is 64.7 Å². The minimum atomic E-state index is -3.95. The van der Waals surface area contributed by atoms with Crippen molar-refractivity contribution in [3.8, 4) is 5.75 Å². The lowest BCUT2D eigenvalue weighted by molar-refractivity contribution is -0.131. The second-order valence-electron chi connectivity index (χ2n) is 9.35. The van der Waals surface area contributed by atoms with Crippen LogP contribution in [-0.4, -0.2) is 25.5 Å². The van der Waals surface area contributed by atoms with Crippen molar-refractivity contribution in [3.05, 3.63) is 82.1 Å². The third-order valence-electron chi connectivity index (χ3n) is 6.28. The van der Waals surface area contributed by atoms with Gasteiger partial charge in [-0.15, -0.1) is 0 Å². The molecule has 1 aliphatic carbocycles. The Kier molecular flexibility index (Phi) is 7.26. The molecule has 36 heavy (non-hydrogen) atoms. The summed E-state index contributed by atoms with van der Waals surface area (Å²) in [7, 11) is -3.95. The number of nitrogens with zero attached hydrogens (tertiary/aromatic N) is 1. The van der Waals surface area contributed by atoms with E-state index in [1.807, 2.05) is 51.1 Å². The van der Waals surface area contributed by atoms with Crippen molar-refractivity contribution in [3.63, 3.8) is 0 Å². The Morgan fingerprint density at radius 2 is 1.83 bits per heavy atom. The molecule has 8 heteroatoms.